The number of nitrogens with zero attached hydrogens (tertiary/aromatic N) is 1. The Hall–Kier alpha value is -2.59. The van der Waals surface area contributed by atoms with E-state index in [1.165, 1.54) is 34.1 Å². The molecule has 1 saturated heterocycles. The van der Waals surface area contributed by atoms with E-state index in [1.54, 1.807) is 4.90 Å². The van der Waals surface area contributed by atoms with Crippen molar-refractivity contribution in [1.82, 2.24) is 0 Å². The fourth-order valence-corrected chi connectivity index (χ4v) is 8.22. The van der Waals surface area contributed by atoms with E-state index < -0.39 is 10.0 Å². The number of anilines is 3. The van der Waals surface area contributed by atoms with Gasteiger partial charge >= 0.3 is 0 Å². The topological polar surface area (TPSA) is 55.3 Å². The van der Waals surface area contributed by atoms with Crippen LogP contribution in [0, 0.1) is 0 Å². The second-order valence-corrected chi connectivity index (χ2v) is 13.0. The van der Waals surface area contributed by atoms with Crippen molar-refractivity contribution in [3.05, 3.63) is 83.9 Å². The van der Waals surface area contributed by atoms with Gasteiger partial charge in [0.15, 0.2) is 0 Å². The Morgan fingerprint density at radius 2 is 1.06 bits per heavy atom. The van der Waals surface area contributed by atoms with Crippen molar-refractivity contribution >= 4 is 27.1 Å². The minimum atomic E-state index is -0.716. The van der Waals surface area contributed by atoms with E-state index in [-0.39, 0.29) is 0 Å². The predicted octanol–water partition coefficient (Wildman–Crippen LogP) is 7.16. The second kappa shape index (κ2) is 9.50. The number of benzene rings is 3. The summed E-state index contributed by atoms with van der Waals surface area (Å²) in [6, 6.07) is 27.0. The zero-order chi connectivity index (χ0) is 22.7. The van der Waals surface area contributed by atoms with Gasteiger partial charge in [0.25, 0.3) is 0 Å². The standard InChI is InChI=1S/C28H37N3S/c1-4-32(5-2,6-3)26-17-15-25(16-18-26)31-27(21-7-11-23(29)12-8-21)19-20-28(31)22-9-13-24(30)14-10-22/h7-18,27-28H,4-6,19-20,29-30H2,1-3H3/t27-,28-/m0/s1. The predicted molar refractivity (Wildman–Crippen MR) is 143 cm³/mol. The number of hydrogen-bond donors (Lipinski definition) is 2. The lowest BCUT2D eigenvalue weighted by atomic mass is 10.0. The van der Waals surface area contributed by atoms with Crippen LogP contribution in [-0.4, -0.2) is 17.3 Å². The zero-order valence-electron chi connectivity index (χ0n) is 19.6. The van der Waals surface area contributed by atoms with Crippen LogP contribution in [0.3, 0.4) is 0 Å². The fourth-order valence-electron chi connectivity index (χ4n) is 5.28. The highest BCUT2D eigenvalue weighted by atomic mass is 32.3. The summed E-state index contributed by atoms with van der Waals surface area (Å²) in [5.41, 5.74) is 17.5. The Labute approximate surface area is 195 Å². The van der Waals surface area contributed by atoms with Gasteiger partial charge < -0.3 is 16.4 Å². The molecule has 4 N–H and O–H groups in total. The molecule has 0 unspecified atom stereocenters. The summed E-state index contributed by atoms with van der Waals surface area (Å²) in [6.45, 7) is 7.06. The normalized spacial score (nSPS) is 19.3. The van der Waals surface area contributed by atoms with Crippen molar-refractivity contribution in [3.63, 3.8) is 0 Å². The van der Waals surface area contributed by atoms with E-state index in [2.05, 4.69) is 74.2 Å². The third-order valence-corrected chi connectivity index (χ3v) is 11.9. The molecule has 1 heterocycles. The van der Waals surface area contributed by atoms with Gasteiger partial charge in [0.1, 0.15) is 0 Å². The summed E-state index contributed by atoms with van der Waals surface area (Å²) in [7, 11) is -0.716. The average molecular weight is 448 g/mol. The van der Waals surface area contributed by atoms with E-state index in [9.17, 15) is 0 Å². The Kier molecular flexibility index (Phi) is 6.71. The summed E-state index contributed by atoms with van der Waals surface area (Å²) in [4.78, 5) is 4.16. The average Bonchev–Trinajstić information content (AvgIpc) is 3.27. The van der Waals surface area contributed by atoms with Crippen molar-refractivity contribution < 1.29 is 0 Å². The molecule has 2 atom stereocenters. The van der Waals surface area contributed by atoms with Crippen LogP contribution in [0.25, 0.3) is 0 Å². The number of rotatable bonds is 7. The van der Waals surface area contributed by atoms with Gasteiger partial charge in [0.05, 0.1) is 12.1 Å². The van der Waals surface area contributed by atoms with Crippen molar-refractivity contribution in [2.24, 2.45) is 0 Å². The van der Waals surface area contributed by atoms with Gasteiger partial charge in [-0.2, -0.15) is 0 Å². The van der Waals surface area contributed by atoms with Crippen LogP contribution in [0.5, 0.6) is 0 Å². The molecular formula is C28H37N3S. The molecule has 4 heteroatoms. The smallest absolute Gasteiger partial charge is 0.0549 e. The minimum absolute atomic E-state index is 0.338. The molecule has 0 amide bonds. The van der Waals surface area contributed by atoms with Crippen LogP contribution in [0.1, 0.15) is 56.8 Å². The van der Waals surface area contributed by atoms with E-state index in [0.717, 1.165) is 24.2 Å². The Bertz CT molecular complexity index is 946. The molecule has 0 aliphatic carbocycles. The van der Waals surface area contributed by atoms with Gasteiger partial charge in [-0.1, -0.05) is 45.0 Å². The maximum Gasteiger partial charge on any atom is 0.0549 e. The van der Waals surface area contributed by atoms with Gasteiger partial charge in [-0.05, 0) is 94.7 Å². The molecule has 4 rings (SSSR count). The summed E-state index contributed by atoms with van der Waals surface area (Å²) in [5.74, 6) is 3.77. The van der Waals surface area contributed by atoms with E-state index in [1.807, 2.05) is 24.3 Å². The van der Waals surface area contributed by atoms with Gasteiger partial charge in [-0.25, -0.2) is 10.0 Å². The third-order valence-electron chi connectivity index (χ3n) is 7.32. The second-order valence-electron chi connectivity index (χ2n) is 8.75. The molecule has 170 valence electrons. The first kappa shape index (κ1) is 22.6. The maximum atomic E-state index is 5.98. The first-order chi connectivity index (χ1) is 15.5. The van der Waals surface area contributed by atoms with Crippen LogP contribution in [0.2, 0.25) is 0 Å². The molecule has 32 heavy (non-hydrogen) atoms. The Morgan fingerprint density at radius 3 is 1.44 bits per heavy atom. The van der Waals surface area contributed by atoms with Gasteiger partial charge in [0.2, 0.25) is 0 Å². The summed E-state index contributed by atoms with van der Waals surface area (Å²) >= 11 is 0. The lowest BCUT2D eigenvalue weighted by molar-refractivity contribution is 0.674. The quantitative estimate of drug-likeness (QED) is 0.378. The first-order valence-electron chi connectivity index (χ1n) is 11.9. The molecule has 0 radical (unpaired) electrons. The molecule has 1 aliphatic heterocycles. The molecule has 0 bridgehead atoms. The van der Waals surface area contributed by atoms with Crippen LogP contribution >= 0.6 is 10.0 Å². The molecule has 1 fully saturated rings. The first-order valence-corrected chi connectivity index (χ1v) is 14.0. The van der Waals surface area contributed by atoms with Gasteiger partial charge in [-0.15, -0.1) is 0 Å². The van der Waals surface area contributed by atoms with Crippen LogP contribution in [-0.2, 0) is 0 Å². The highest BCUT2D eigenvalue weighted by Gasteiger charge is 2.35. The monoisotopic (exact) mass is 447 g/mol. The number of hydrogen-bond acceptors (Lipinski definition) is 3. The summed E-state index contributed by atoms with van der Waals surface area (Å²) < 4.78 is 0. The van der Waals surface area contributed by atoms with Crippen molar-refractivity contribution in [1.29, 1.82) is 0 Å². The summed E-state index contributed by atoms with van der Waals surface area (Å²) in [6.07, 6.45) is 2.24. The van der Waals surface area contributed by atoms with Gasteiger partial charge in [-0.3, -0.25) is 0 Å². The minimum Gasteiger partial charge on any atom is -0.399 e. The highest BCUT2D eigenvalue weighted by Crippen LogP contribution is 2.55. The SMILES string of the molecule is CCS(CC)(CC)c1ccc(N2[C@H](c3ccc(N)cc3)CC[C@H]2c2ccc(N)cc2)cc1. The van der Waals surface area contributed by atoms with E-state index in [0.29, 0.717) is 12.1 Å². The van der Waals surface area contributed by atoms with Crippen molar-refractivity contribution in [2.45, 2.75) is 50.6 Å². The Morgan fingerprint density at radius 1 is 0.656 bits per heavy atom. The van der Waals surface area contributed by atoms with Gasteiger partial charge in [0, 0.05) is 17.1 Å². The number of nitrogens with two attached hydrogens (primary N) is 2. The van der Waals surface area contributed by atoms with Crippen molar-refractivity contribution in [2.75, 3.05) is 33.6 Å². The molecule has 3 aromatic carbocycles. The molecule has 0 aromatic heterocycles. The summed E-state index contributed by atoms with van der Waals surface area (Å²) in [5, 5.41) is 0. The Balaban J connectivity index is 1.74. The third kappa shape index (κ3) is 4.21. The van der Waals surface area contributed by atoms with E-state index >= 15 is 0 Å². The highest BCUT2D eigenvalue weighted by molar-refractivity contribution is 8.33. The van der Waals surface area contributed by atoms with Crippen LogP contribution in [0.15, 0.2) is 77.7 Å². The van der Waals surface area contributed by atoms with Crippen molar-refractivity contribution in [3.8, 4) is 0 Å². The van der Waals surface area contributed by atoms with Crippen LogP contribution in [0.4, 0.5) is 17.1 Å². The molecule has 3 aromatic rings. The molecule has 0 spiro atoms. The molecular weight excluding hydrogens is 410 g/mol. The molecule has 3 nitrogen and oxygen atoms in total. The van der Waals surface area contributed by atoms with Crippen LogP contribution < -0.4 is 16.4 Å². The van der Waals surface area contributed by atoms with E-state index in [4.69, 9.17) is 11.5 Å². The molecule has 1 aliphatic rings. The molecule has 0 saturated carbocycles. The maximum absolute atomic E-state index is 5.98. The number of nitrogen functional groups attached to an aromatic ring is 2. The lowest BCUT2D eigenvalue weighted by Gasteiger charge is -2.39. The largest absolute Gasteiger partial charge is 0.399 e. The zero-order valence-corrected chi connectivity index (χ0v) is 20.4. The lowest BCUT2D eigenvalue weighted by Crippen LogP contribution is -2.26. The fraction of sp³-hybridized carbons (Fsp3) is 0.357.